The van der Waals surface area contributed by atoms with Gasteiger partial charge < -0.3 is 187 Å². The molecule has 8 aromatic rings. The number of nitrogens with zero attached hydrogens (tertiary/aromatic N) is 6. The summed E-state index contributed by atoms with van der Waals surface area (Å²) in [5.74, 6) is 5.97. The summed E-state index contributed by atoms with van der Waals surface area (Å²) < 4.78 is 120. The molecule has 14 aliphatic heterocycles. The first kappa shape index (κ1) is 116. The molecule has 14 fully saturated rings. The maximum Gasteiger partial charge on any atom is 3.00 e. The number of likely N-dealkylation sites (N-methyl/N-ethyl adjacent to an activating group) is 1. The van der Waals surface area contributed by atoms with Crippen molar-refractivity contribution in [2.75, 3.05) is 261 Å². The van der Waals surface area contributed by atoms with Gasteiger partial charge in [0.05, 0.1) is 153 Å². The number of ether oxygens (including phenoxy) is 22. The van der Waals surface area contributed by atoms with Gasteiger partial charge in [0.1, 0.15) is 130 Å². The number of rotatable bonds is 56. The summed E-state index contributed by atoms with van der Waals surface area (Å²) in [6.07, 6.45) is 1.08. The third-order valence-electron chi connectivity index (χ3n) is 24.0. The van der Waals surface area contributed by atoms with Gasteiger partial charge in [0.2, 0.25) is 0 Å². The Balaban J connectivity index is 0.000000163. The minimum absolute atomic E-state index is 0. The van der Waals surface area contributed by atoms with Crippen molar-refractivity contribution < 1.29 is 186 Å². The predicted molar refractivity (Wildman–Crippen MR) is 547 cm³/mol. The van der Waals surface area contributed by atoms with Crippen LogP contribution in [0.1, 0.15) is 13.3 Å². The normalized spacial score (nSPS) is 24.4. The number of benzene rings is 8. The largest absolute Gasteiger partial charge is 3.00 e. The van der Waals surface area contributed by atoms with Gasteiger partial charge in [-0.15, -0.1) is 35.9 Å². The van der Waals surface area contributed by atoms with E-state index in [1.165, 1.54) is 5.69 Å². The smallest absolute Gasteiger partial charge is 0.516 e. The third kappa shape index (κ3) is 48.9. The Bertz CT molecular complexity index is 4820. The monoisotopic (exact) mass is 2170 g/mol. The zero-order valence-corrected chi connectivity index (χ0v) is 89.0. The van der Waals surface area contributed by atoms with E-state index in [9.17, 15) is 25.5 Å². The van der Waals surface area contributed by atoms with Gasteiger partial charge in [-0.25, -0.2) is 0 Å². The van der Waals surface area contributed by atoms with Gasteiger partial charge in [-0.2, -0.15) is 36.4 Å². The summed E-state index contributed by atoms with van der Waals surface area (Å²) in [6, 6.07) is 67.8. The quantitative estimate of drug-likeness (QED) is 0.00896. The van der Waals surface area contributed by atoms with Gasteiger partial charge in [-0.1, -0.05) is 6.10 Å². The van der Waals surface area contributed by atoms with Crippen molar-refractivity contribution in [3.05, 3.63) is 234 Å². The number of hydrogen-bond donors (Lipinski definition) is 6. The molecule has 14 aliphatic rings. The first-order chi connectivity index (χ1) is 70.5. The second-order valence-electron chi connectivity index (χ2n) is 38.2. The van der Waals surface area contributed by atoms with Crippen LogP contribution in [0.3, 0.4) is 0 Å². The molecule has 14 heterocycles. The number of halogens is 1. The number of anilines is 5. The average molecular weight is 2170 g/mol. The van der Waals surface area contributed by atoms with Gasteiger partial charge >= 0.3 is 32.7 Å². The van der Waals surface area contributed by atoms with Crippen molar-refractivity contribution in [1.29, 1.82) is 0 Å². The summed E-state index contributed by atoms with van der Waals surface area (Å²) in [5, 5.41) is 59.0. The van der Waals surface area contributed by atoms with Crippen LogP contribution in [-0.2, 0) is 118 Å². The van der Waals surface area contributed by atoms with Crippen LogP contribution in [0.4, 0.5) is 34.1 Å². The number of epoxide rings is 14. The zero-order chi connectivity index (χ0) is 101. The molecule has 0 aromatic heterocycles. The number of hydrogen-bond acceptors (Lipinski definition) is 33. The fraction of sp³-hybridized carbons (Fsp3) is 0.527. The van der Waals surface area contributed by atoms with E-state index in [4.69, 9.17) is 107 Å². The molecule has 0 bridgehead atoms. The van der Waals surface area contributed by atoms with E-state index in [2.05, 4.69) is 110 Å². The summed E-state index contributed by atoms with van der Waals surface area (Å²) in [6.45, 7) is 38.9. The molecular formula is C110H144ClN6O28VY-2. The minimum atomic E-state index is -0.803. The van der Waals surface area contributed by atoms with Crippen molar-refractivity contribution in [3.8, 4) is 46.0 Å². The van der Waals surface area contributed by atoms with E-state index >= 15 is 0 Å². The van der Waals surface area contributed by atoms with E-state index in [1.54, 1.807) is 55.5 Å². The Morgan fingerprint density at radius 2 is 0.510 bits per heavy atom. The second kappa shape index (κ2) is 60.7. The second-order valence-corrected chi connectivity index (χ2v) is 38.5. The SMILES string of the molecule is CC(O)COc1ccc(N(CC2CO2)CC2CO2)cc1.C[N+](CC1CO1)(CC1CO1)c1ccc(OCC(O)COc2cc[c-]cc2)cc1.OC(COc1cc[c-]cc1)COc1ccc(N(CC2CO2)CC2CO2)cc1.OC(COc1ccc(N(CC(O)CCOc2ccc(N(CC3CO3)CC3CO3)cc2)CC2CO2)cc1)COc1ccc(N(CC2CO2)CC2CO2)cc1.[CH2-]C(O)CCl.[CH2-]C1CO1.[CH2-]C1CO1.[CH2-]C1CO1.[V].[Y+3]. The van der Waals surface area contributed by atoms with Gasteiger partial charge in [0, 0.05) is 168 Å². The summed E-state index contributed by atoms with van der Waals surface area (Å²) >= 11 is 5.02. The molecule has 20 unspecified atom stereocenters. The fourth-order valence-electron chi connectivity index (χ4n) is 14.7. The Morgan fingerprint density at radius 3 is 0.721 bits per heavy atom. The Labute approximate surface area is 906 Å². The fourth-order valence-corrected chi connectivity index (χ4v) is 14.7. The van der Waals surface area contributed by atoms with Crippen molar-refractivity contribution >= 4 is 45.7 Å². The molecule has 147 heavy (non-hydrogen) atoms. The number of alkyl halides is 1. The van der Waals surface area contributed by atoms with Crippen LogP contribution in [0.5, 0.6) is 46.0 Å². The van der Waals surface area contributed by atoms with Gasteiger partial charge in [-0.3, -0.25) is 4.48 Å². The van der Waals surface area contributed by atoms with Crippen molar-refractivity contribution in [1.82, 2.24) is 4.48 Å². The van der Waals surface area contributed by atoms with Gasteiger partial charge in [-0.05, 0) is 159 Å². The molecule has 20 atom stereocenters. The van der Waals surface area contributed by atoms with E-state index in [0.29, 0.717) is 135 Å². The molecule has 8 aromatic carbocycles. The van der Waals surface area contributed by atoms with Crippen LogP contribution in [0, 0.1) is 39.8 Å². The van der Waals surface area contributed by atoms with Crippen LogP contribution in [0.15, 0.2) is 194 Å². The number of aliphatic hydroxyl groups is 6. The van der Waals surface area contributed by atoms with Crippen LogP contribution in [0.2, 0.25) is 0 Å². The van der Waals surface area contributed by atoms with E-state index < -0.39 is 36.6 Å². The van der Waals surface area contributed by atoms with Crippen LogP contribution >= 0.6 is 11.6 Å². The van der Waals surface area contributed by atoms with E-state index in [1.807, 2.05) is 121 Å². The molecule has 37 heteroatoms. The maximum atomic E-state index is 11.0. The maximum absolute atomic E-state index is 11.0. The van der Waals surface area contributed by atoms with E-state index in [0.717, 1.165) is 214 Å². The average Bonchev–Trinajstić information content (AvgIpc) is 1.63. The standard InChI is InChI=1S/C40H51N3O10.C22H27NO5.C21H24NO5.C15H21NO4.C3H6ClO.3C3H5O.V.Y/c44-31(13-14-46-33-7-1-29(2-8-33)42(17-37-24-50-37)18-38-25-51-38)15-41(16-36-23-49-36)28-3-9-34(10-4-28)47-21-32(45)22-48-35-11-5-30(6-12-35)43(19-39-26-52-39)20-40-27-53-40;1-23(11-21-15-27-21,12-22-16-28-22)17-7-9-20(10-8-17)26-14-18(24)13-25-19-5-3-2-4-6-19;23-17(12-24-18-4-2-1-3-5-18)13-25-19-8-6-16(7-9-19)22(10-20-14-26-20)11-21-15-27-21;1-11(17)8-18-13-4-2-12(3-5-13)16(6-14-9-19-14)7-15-10-20-15;1-3(5)2-4;3*1-3-2-4-3;;/h1-12,31-32,36-40,44-45H,13-27H2;3-10,18,21-22,24H,11-16H2,1H3;2-9,17,20-21,23H,10-15H2;2-5,11,14-15,17H,6-10H2,1H3;3,5H,1-2H2;3*3H,1-2H2;;/q;;-1;;4*-1;;+3. The number of aliphatic hydroxyl groups excluding tert-OH is 6. The third-order valence-corrected chi connectivity index (χ3v) is 24.3. The molecule has 6 N–H and O–H groups in total. The van der Waals surface area contributed by atoms with Crippen molar-refractivity contribution in [2.45, 2.75) is 135 Å². The Kier molecular flexibility index (Phi) is 48.0. The van der Waals surface area contributed by atoms with Crippen molar-refractivity contribution in [2.24, 2.45) is 0 Å². The van der Waals surface area contributed by atoms with Crippen molar-refractivity contribution in [3.63, 3.8) is 0 Å². The molecule has 1 radical (unpaired) electrons. The summed E-state index contributed by atoms with van der Waals surface area (Å²) in [7, 11) is 2.22. The first-order valence-corrected chi connectivity index (χ1v) is 50.8. The van der Waals surface area contributed by atoms with Crippen LogP contribution in [0.25, 0.3) is 0 Å². The Hall–Kier alpha value is -7.70. The Morgan fingerprint density at radius 1 is 0.313 bits per heavy atom. The van der Waals surface area contributed by atoms with Crippen LogP contribution in [-0.4, -0.2) is 390 Å². The van der Waals surface area contributed by atoms with Crippen LogP contribution < -0.4 is 66.9 Å². The molecule has 22 rings (SSSR count). The molecule has 0 amide bonds. The molecule has 799 valence electrons. The zero-order valence-electron chi connectivity index (χ0n) is 84.1. The molecule has 0 aliphatic carbocycles. The molecule has 14 saturated heterocycles. The summed E-state index contributed by atoms with van der Waals surface area (Å²) in [5.41, 5.74) is 6.67. The molecule has 0 saturated carbocycles. The molecule has 0 spiro atoms. The minimum Gasteiger partial charge on any atom is -0.516 e. The molecular weight excluding hydrogens is 2030 g/mol. The topological polar surface area (TPSA) is 387 Å². The number of quaternary nitrogens is 1. The van der Waals surface area contributed by atoms with Gasteiger partial charge in [0.15, 0.2) is 0 Å². The predicted octanol–water partition coefficient (Wildman–Crippen LogP) is 8.82. The molecule has 34 nitrogen and oxygen atoms in total. The van der Waals surface area contributed by atoms with E-state index in [-0.39, 0.29) is 103 Å². The first-order valence-electron chi connectivity index (χ1n) is 50.3. The summed E-state index contributed by atoms with van der Waals surface area (Å²) in [4.78, 5) is 11.3. The van der Waals surface area contributed by atoms with Gasteiger partial charge in [0.25, 0.3) is 0 Å².